The molecule has 0 spiro atoms. The van der Waals surface area contributed by atoms with E-state index in [1.807, 2.05) is 0 Å². The van der Waals surface area contributed by atoms with Crippen LogP contribution in [0.1, 0.15) is 15.9 Å². The van der Waals surface area contributed by atoms with E-state index in [0.717, 1.165) is 11.8 Å². The molecule has 62 valence electrons. The molecule has 4 heteroatoms. The molecule has 1 aromatic rings. The average Bonchev–Trinajstić information content (AvgIpc) is 2.15. The first-order valence-electron chi connectivity index (χ1n) is 3.35. The van der Waals surface area contributed by atoms with Gasteiger partial charge in [-0.15, -0.1) is 0 Å². The van der Waals surface area contributed by atoms with Crippen molar-refractivity contribution in [1.29, 1.82) is 0 Å². The molecule has 0 fully saturated rings. The van der Waals surface area contributed by atoms with Crippen molar-refractivity contribution in [2.45, 2.75) is 6.61 Å². The number of aldehydes is 1. The van der Waals surface area contributed by atoms with Crippen LogP contribution in [0, 0.1) is 0 Å². The van der Waals surface area contributed by atoms with Crippen molar-refractivity contribution in [2.75, 3.05) is 0 Å². The SMILES string of the molecule is O=Cc1ccc(COP=O)cc1. The third-order valence-corrected chi connectivity index (χ3v) is 1.63. The Hall–Kier alpha value is -1.05. The Morgan fingerprint density at radius 2 is 2.00 bits per heavy atom. The highest BCUT2D eigenvalue weighted by atomic mass is 31.1. The Morgan fingerprint density at radius 3 is 2.50 bits per heavy atom. The van der Waals surface area contributed by atoms with Gasteiger partial charge in [0.2, 0.25) is 0 Å². The third-order valence-electron chi connectivity index (χ3n) is 1.40. The molecule has 1 aromatic carbocycles. The van der Waals surface area contributed by atoms with E-state index in [1.165, 1.54) is 0 Å². The zero-order valence-electron chi connectivity index (χ0n) is 6.27. The molecule has 0 saturated heterocycles. The standard InChI is InChI=1S/C8H7O3P/c9-5-7-1-3-8(4-2-7)6-11-12-10/h1-5H,6H2. The van der Waals surface area contributed by atoms with Crippen LogP contribution in [0.5, 0.6) is 0 Å². The summed E-state index contributed by atoms with van der Waals surface area (Å²) in [5.41, 5.74) is 1.52. The Balaban J connectivity index is 2.64. The van der Waals surface area contributed by atoms with Crippen LogP contribution in [0.4, 0.5) is 0 Å². The van der Waals surface area contributed by atoms with Gasteiger partial charge in [0.15, 0.2) is 0 Å². The highest BCUT2D eigenvalue weighted by Crippen LogP contribution is 2.07. The first-order valence-corrected chi connectivity index (χ1v) is 4.08. The minimum atomic E-state index is -0.326. The molecule has 12 heavy (non-hydrogen) atoms. The molecule has 0 unspecified atom stereocenters. The van der Waals surface area contributed by atoms with Gasteiger partial charge in [-0.3, -0.25) is 9.32 Å². The smallest absolute Gasteiger partial charge is 0.298 e. The Morgan fingerprint density at radius 1 is 1.33 bits per heavy atom. The third kappa shape index (κ3) is 2.53. The maximum atomic E-state index is 10.2. The fourth-order valence-corrected chi connectivity index (χ4v) is 0.995. The monoisotopic (exact) mass is 182 g/mol. The van der Waals surface area contributed by atoms with E-state index in [2.05, 4.69) is 4.52 Å². The van der Waals surface area contributed by atoms with E-state index in [1.54, 1.807) is 24.3 Å². The maximum absolute atomic E-state index is 10.2. The van der Waals surface area contributed by atoms with E-state index < -0.39 is 0 Å². The first kappa shape index (κ1) is 9.04. The summed E-state index contributed by atoms with van der Waals surface area (Å²) >= 11 is 0. The van der Waals surface area contributed by atoms with E-state index in [9.17, 15) is 9.36 Å². The molecular formula is C8H7O3P. The Kier molecular flexibility index (Phi) is 3.58. The predicted octanol–water partition coefficient (Wildman–Crippen LogP) is 2.22. The minimum absolute atomic E-state index is 0.296. The van der Waals surface area contributed by atoms with Gasteiger partial charge in [0, 0.05) is 5.56 Å². The van der Waals surface area contributed by atoms with E-state index >= 15 is 0 Å². The summed E-state index contributed by atoms with van der Waals surface area (Å²) in [4.78, 5) is 10.2. The molecule has 3 nitrogen and oxygen atoms in total. The molecule has 0 aromatic heterocycles. The van der Waals surface area contributed by atoms with Crippen molar-refractivity contribution < 1.29 is 13.9 Å². The van der Waals surface area contributed by atoms with Crippen LogP contribution in [0.15, 0.2) is 24.3 Å². The lowest BCUT2D eigenvalue weighted by Crippen LogP contribution is -1.85. The van der Waals surface area contributed by atoms with Crippen molar-refractivity contribution >= 4 is 15.0 Å². The lowest BCUT2D eigenvalue weighted by Gasteiger charge is -1.96. The van der Waals surface area contributed by atoms with Crippen molar-refractivity contribution in [3.63, 3.8) is 0 Å². The minimum Gasteiger partial charge on any atom is -0.298 e. The molecule has 0 N–H and O–H groups in total. The van der Waals surface area contributed by atoms with Crippen molar-refractivity contribution in [2.24, 2.45) is 0 Å². The highest BCUT2D eigenvalue weighted by Gasteiger charge is 1.93. The number of carbonyl (C=O) groups excluding carboxylic acids is 1. The molecule has 0 bridgehead atoms. The maximum Gasteiger partial charge on any atom is 0.327 e. The van der Waals surface area contributed by atoms with Gasteiger partial charge < -0.3 is 0 Å². The van der Waals surface area contributed by atoms with Crippen LogP contribution in [0.25, 0.3) is 0 Å². The molecular weight excluding hydrogens is 175 g/mol. The zero-order chi connectivity index (χ0) is 8.81. The first-order chi connectivity index (χ1) is 5.86. The molecule has 0 radical (unpaired) electrons. The van der Waals surface area contributed by atoms with Gasteiger partial charge >= 0.3 is 8.69 Å². The van der Waals surface area contributed by atoms with Gasteiger partial charge in [-0.05, 0) is 5.56 Å². The van der Waals surface area contributed by atoms with Crippen LogP contribution in [0.2, 0.25) is 0 Å². The number of hydrogen-bond acceptors (Lipinski definition) is 3. The molecule has 0 heterocycles. The Bertz CT molecular complexity index is 268. The van der Waals surface area contributed by atoms with E-state index in [-0.39, 0.29) is 8.69 Å². The van der Waals surface area contributed by atoms with Gasteiger partial charge in [-0.1, -0.05) is 24.3 Å². The lowest BCUT2D eigenvalue weighted by molar-refractivity contribution is 0.112. The van der Waals surface area contributed by atoms with Crippen LogP contribution >= 0.6 is 8.69 Å². The predicted molar refractivity (Wildman–Crippen MR) is 44.2 cm³/mol. The van der Waals surface area contributed by atoms with E-state index in [0.29, 0.717) is 12.2 Å². The summed E-state index contributed by atoms with van der Waals surface area (Å²) in [6.45, 7) is 0.296. The fraction of sp³-hybridized carbons (Fsp3) is 0.125. The van der Waals surface area contributed by atoms with Gasteiger partial charge in [0.25, 0.3) is 0 Å². The summed E-state index contributed by atoms with van der Waals surface area (Å²) in [5.74, 6) is 0. The number of rotatable bonds is 4. The molecule has 0 aliphatic carbocycles. The highest BCUT2D eigenvalue weighted by molar-refractivity contribution is 7.17. The second-order valence-corrected chi connectivity index (χ2v) is 2.61. The quantitative estimate of drug-likeness (QED) is 0.529. The molecule has 0 amide bonds. The average molecular weight is 182 g/mol. The summed E-state index contributed by atoms with van der Waals surface area (Å²) in [5, 5.41) is 0. The number of benzene rings is 1. The van der Waals surface area contributed by atoms with Crippen molar-refractivity contribution in [1.82, 2.24) is 0 Å². The normalized spacial score (nSPS) is 10.0. The topological polar surface area (TPSA) is 43.4 Å². The molecule has 0 atom stereocenters. The zero-order valence-corrected chi connectivity index (χ0v) is 7.16. The second kappa shape index (κ2) is 4.75. The molecule has 1 rings (SSSR count). The van der Waals surface area contributed by atoms with Crippen molar-refractivity contribution in [3.8, 4) is 0 Å². The second-order valence-electron chi connectivity index (χ2n) is 2.21. The van der Waals surface area contributed by atoms with Gasteiger partial charge in [0.1, 0.15) is 6.29 Å². The van der Waals surface area contributed by atoms with Crippen LogP contribution < -0.4 is 0 Å². The van der Waals surface area contributed by atoms with Crippen molar-refractivity contribution in [3.05, 3.63) is 35.4 Å². The number of carbonyl (C=O) groups is 1. The van der Waals surface area contributed by atoms with Gasteiger partial charge in [0.05, 0.1) is 6.61 Å². The van der Waals surface area contributed by atoms with Gasteiger partial charge in [-0.2, -0.15) is 0 Å². The fourth-order valence-electron chi connectivity index (χ4n) is 0.793. The molecule has 0 aliphatic heterocycles. The summed E-state index contributed by atoms with van der Waals surface area (Å²) < 4.78 is 14.5. The largest absolute Gasteiger partial charge is 0.327 e. The van der Waals surface area contributed by atoms with Crippen LogP contribution in [-0.4, -0.2) is 6.29 Å². The summed E-state index contributed by atoms with van der Waals surface area (Å²) in [6, 6.07) is 6.89. The van der Waals surface area contributed by atoms with Gasteiger partial charge in [-0.25, -0.2) is 4.57 Å². The van der Waals surface area contributed by atoms with Crippen LogP contribution in [0.3, 0.4) is 0 Å². The van der Waals surface area contributed by atoms with E-state index in [4.69, 9.17) is 0 Å². The van der Waals surface area contributed by atoms with Crippen LogP contribution in [-0.2, 0) is 15.7 Å². The number of hydrogen-bond donors (Lipinski definition) is 0. The molecule has 0 aliphatic rings. The lowest BCUT2D eigenvalue weighted by atomic mass is 10.2. The summed E-state index contributed by atoms with van der Waals surface area (Å²) in [6.07, 6.45) is 0.774. The summed E-state index contributed by atoms with van der Waals surface area (Å²) in [7, 11) is -0.326. The molecule has 0 saturated carbocycles. The Labute approximate surface area is 71.6 Å².